The van der Waals surface area contributed by atoms with Crippen LogP contribution >= 0.6 is 0 Å². The zero-order chi connectivity index (χ0) is 15.6. The summed E-state index contributed by atoms with van der Waals surface area (Å²) in [7, 11) is 0. The van der Waals surface area contributed by atoms with Gasteiger partial charge in [-0.2, -0.15) is 0 Å². The van der Waals surface area contributed by atoms with Gasteiger partial charge in [-0.15, -0.1) is 0 Å². The first-order valence-corrected chi connectivity index (χ1v) is 7.80. The van der Waals surface area contributed by atoms with Crippen LogP contribution in [0.25, 0.3) is 0 Å². The number of aryl methyl sites for hydroxylation is 1. The second-order valence-corrected chi connectivity index (χ2v) is 6.86. The quantitative estimate of drug-likeness (QED) is 0.920. The van der Waals surface area contributed by atoms with Crippen molar-refractivity contribution in [2.24, 2.45) is 5.92 Å². The van der Waals surface area contributed by atoms with Gasteiger partial charge in [-0.25, -0.2) is 0 Å². The summed E-state index contributed by atoms with van der Waals surface area (Å²) in [6, 6.07) is 8.55. The van der Waals surface area contributed by atoms with E-state index in [4.69, 9.17) is 4.74 Å². The van der Waals surface area contributed by atoms with Crippen LogP contribution < -0.4 is 5.32 Å². The van der Waals surface area contributed by atoms with Crippen molar-refractivity contribution in [2.45, 2.75) is 65.2 Å². The number of amides is 1. The van der Waals surface area contributed by atoms with Crippen molar-refractivity contribution < 1.29 is 9.53 Å². The standard InChI is InChI=1S/C18H27NO2/c1-12-6-9-15(10-7-12)17-16(11-8-13(2)21-17)18(4,5)19-14(3)20/h6-7,9-10,13,16-17H,8,11H2,1-5H3,(H,19,20)/t13-,16-,17?/m1/s1. The van der Waals surface area contributed by atoms with Gasteiger partial charge >= 0.3 is 0 Å². The number of rotatable bonds is 3. The fourth-order valence-electron chi connectivity index (χ4n) is 3.33. The van der Waals surface area contributed by atoms with E-state index in [1.165, 1.54) is 11.1 Å². The van der Waals surface area contributed by atoms with Gasteiger partial charge in [-0.3, -0.25) is 4.79 Å². The Kier molecular flexibility index (Phi) is 4.72. The molecule has 0 aromatic heterocycles. The fourth-order valence-corrected chi connectivity index (χ4v) is 3.33. The molecule has 0 spiro atoms. The van der Waals surface area contributed by atoms with Gasteiger partial charge in [0, 0.05) is 18.4 Å². The van der Waals surface area contributed by atoms with Crippen molar-refractivity contribution >= 4 is 5.91 Å². The largest absolute Gasteiger partial charge is 0.370 e. The topological polar surface area (TPSA) is 38.3 Å². The van der Waals surface area contributed by atoms with E-state index < -0.39 is 0 Å². The van der Waals surface area contributed by atoms with Crippen molar-refractivity contribution in [1.82, 2.24) is 5.32 Å². The zero-order valence-electron chi connectivity index (χ0n) is 13.8. The highest BCUT2D eigenvalue weighted by atomic mass is 16.5. The van der Waals surface area contributed by atoms with Gasteiger partial charge in [0.1, 0.15) is 0 Å². The number of carbonyl (C=O) groups excluding carboxylic acids is 1. The van der Waals surface area contributed by atoms with Gasteiger partial charge in [-0.1, -0.05) is 29.8 Å². The molecule has 3 atom stereocenters. The molecule has 3 heteroatoms. The van der Waals surface area contributed by atoms with Crippen molar-refractivity contribution in [1.29, 1.82) is 0 Å². The molecule has 3 nitrogen and oxygen atoms in total. The van der Waals surface area contributed by atoms with Gasteiger partial charge in [0.2, 0.25) is 5.91 Å². The van der Waals surface area contributed by atoms with Crippen LogP contribution in [0.15, 0.2) is 24.3 Å². The van der Waals surface area contributed by atoms with E-state index in [1.807, 2.05) is 0 Å². The maximum atomic E-state index is 11.5. The SMILES string of the molecule is CC(=O)NC(C)(C)[C@@H]1CC[C@@H](C)OC1c1ccc(C)cc1. The molecule has 21 heavy (non-hydrogen) atoms. The molecular formula is C18H27NO2. The van der Waals surface area contributed by atoms with E-state index in [0.717, 1.165) is 12.8 Å². The molecule has 1 N–H and O–H groups in total. The lowest BCUT2D eigenvalue weighted by Crippen LogP contribution is -2.52. The average molecular weight is 289 g/mol. The van der Waals surface area contributed by atoms with Gasteiger partial charge in [-0.05, 0) is 46.1 Å². The number of ether oxygens (including phenoxy) is 1. The van der Waals surface area contributed by atoms with Crippen LogP contribution in [0.3, 0.4) is 0 Å². The first-order valence-electron chi connectivity index (χ1n) is 7.80. The molecule has 1 fully saturated rings. The van der Waals surface area contributed by atoms with Gasteiger partial charge in [0.15, 0.2) is 0 Å². The number of nitrogens with one attached hydrogen (secondary N) is 1. The predicted molar refractivity (Wildman–Crippen MR) is 85.1 cm³/mol. The highest BCUT2D eigenvalue weighted by Crippen LogP contribution is 2.42. The minimum atomic E-state index is -0.276. The maximum Gasteiger partial charge on any atom is 0.217 e. The summed E-state index contributed by atoms with van der Waals surface area (Å²) < 4.78 is 6.24. The Hall–Kier alpha value is -1.35. The fraction of sp³-hybridized carbons (Fsp3) is 0.611. The van der Waals surface area contributed by atoms with E-state index in [1.54, 1.807) is 6.92 Å². The molecule has 1 aliphatic heterocycles. The molecule has 1 heterocycles. The van der Waals surface area contributed by atoms with Gasteiger partial charge < -0.3 is 10.1 Å². The van der Waals surface area contributed by atoms with Crippen LogP contribution in [0, 0.1) is 12.8 Å². The number of hydrogen-bond acceptors (Lipinski definition) is 2. The molecule has 116 valence electrons. The van der Waals surface area contributed by atoms with E-state index >= 15 is 0 Å². The Labute approximate surface area is 128 Å². The summed E-state index contributed by atoms with van der Waals surface area (Å²) in [6.45, 7) is 9.99. The molecular weight excluding hydrogens is 262 g/mol. The molecule has 1 unspecified atom stereocenters. The Bertz CT molecular complexity index is 492. The van der Waals surface area contributed by atoms with Crippen molar-refractivity contribution in [3.63, 3.8) is 0 Å². The Morgan fingerprint density at radius 2 is 1.86 bits per heavy atom. The molecule has 1 amide bonds. The third kappa shape index (κ3) is 3.85. The molecule has 1 aliphatic rings. The maximum absolute atomic E-state index is 11.5. The number of benzene rings is 1. The third-order valence-corrected chi connectivity index (χ3v) is 4.46. The molecule has 0 radical (unpaired) electrons. The zero-order valence-corrected chi connectivity index (χ0v) is 13.8. The lowest BCUT2D eigenvalue weighted by molar-refractivity contribution is -0.126. The van der Waals surface area contributed by atoms with Crippen LogP contribution in [0.5, 0.6) is 0 Å². The second-order valence-electron chi connectivity index (χ2n) is 6.86. The van der Waals surface area contributed by atoms with Crippen molar-refractivity contribution in [3.05, 3.63) is 35.4 Å². The van der Waals surface area contributed by atoms with Gasteiger partial charge in [0.25, 0.3) is 0 Å². The summed E-state index contributed by atoms with van der Waals surface area (Å²) in [5, 5.41) is 3.10. The van der Waals surface area contributed by atoms with Crippen LogP contribution in [0.2, 0.25) is 0 Å². The summed E-state index contributed by atoms with van der Waals surface area (Å²) in [5.41, 5.74) is 2.18. The van der Waals surface area contributed by atoms with E-state index in [0.29, 0.717) is 0 Å². The Morgan fingerprint density at radius 1 is 1.24 bits per heavy atom. The van der Waals surface area contributed by atoms with Crippen molar-refractivity contribution in [2.75, 3.05) is 0 Å². The van der Waals surface area contributed by atoms with Crippen LogP contribution in [-0.2, 0) is 9.53 Å². The van der Waals surface area contributed by atoms with E-state index in [-0.39, 0.29) is 29.6 Å². The first-order chi connectivity index (χ1) is 9.79. The number of hydrogen-bond donors (Lipinski definition) is 1. The highest BCUT2D eigenvalue weighted by Gasteiger charge is 2.41. The Balaban J connectivity index is 2.28. The smallest absolute Gasteiger partial charge is 0.217 e. The lowest BCUT2D eigenvalue weighted by Gasteiger charge is -2.44. The first kappa shape index (κ1) is 16.0. The van der Waals surface area contributed by atoms with Crippen LogP contribution in [0.4, 0.5) is 0 Å². The summed E-state index contributed by atoms with van der Waals surface area (Å²) in [5.74, 6) is 0.293. The van der Waals surface area contributed by atoms with Crippen LogP contribution in [0.1, 0.15) is 57.8 Å². The highest BCUT2D eigenvalue weighted by molar-refractivity contribution is 5.73. The molecule has 0 aliphatic carbocycles. The molecule has 1 aromatic rings. The molecule has 0 bridgehead atoms. The monoisotopic (exact) mass is 289 g/mol. The number of carbonyl (C=O) groups is 1. The van der Waals surface area contributed by atoms with Crippen molar-refractivity contribution in [3.8, 4) is 0 Å². The minimum Gasteiger partial charge on any atom is -0.370 e. The minimum absolute atomic E-state index is 0.0151. The second kappa shape index (κ2) is 6.18. The van der Waals surface area contributed by atoms with Gasteiger partial charge in [0.05, 0.1) is 12.2 Å². The third-order valence-electron chi connectivity index (χ3n) is 4.46. The normalized spacial score (nSPS) is 26.4. The predicted octanol–water partition coefficient (Wildman–Crippen LogP) is 3.77. The molecule has 2 rings (SSSR count). The summed E-state index contributed by atoms with van der Waals surface area (Å²) >= 11 is 0. The Morgan fingerprint density at radius 3 is 2.43 bits per heavy atom. The van der Waals surface area contributed by atoms with E-state index in [2.05, 4.69) is 57.3 Å². The molecule has 1 saturated heterocycles. The summed E-state index contributed by atoms with van der Waals surface area (Å²) in [4.78, 5) is 11.5. The summed E-state index contributed by atoms with van der Waals surface area (Å²) in [6.07, 6.45) is 2.40. The van der Waals surface area contributed by atoms with Crippen LogP contribution in [-0.4, -0.2) is 17.6 Å². The molecule has 0 saturated carbocycles. The lowest BCUT2D eigenvalue weighted by atomic mass is 9.75. The molecule has 1 aromatic carbocycles. The van der Waals surface area contributed by atoms with E-state index in [9.17, 15) is 4.79 Å². The average Bonchev–Trinajstić information content (AvgIpc) is 2.37.